The summed E-state index contributed by atoms with van der Waals surface area (Å²) in [5.74, 6) is 2.42. The van der Waals surface area contributed by atoms with Crippen molar-refractivity contribution in [3.63, 3.8) is 0 Å². The smallest absolute Gasteiger partial charge is 0.233 e. The maximum Gasteiger partial charge on any atom is 0.233 e. The third-order valence-corrected chi connectivity index (χ3v) is 7.49. The number of rotatable bonds is 10. The Morgan fingerprint density at radius 2 is 1.53 bits per heavy atom. The molecule has 0 aliphatic heterocycles. The standard InChI is InChI=1S/C21H23N3O3S3/c1-14(19(25)22-12-15-4-8-17(26-2)9-5-15)29-21-24-23-20(30-21)28-13-16-6-10-18(27-3)11-7-16/h4-11,14H,12-13H2,1-3H3,(H,22,25). The van der Waals surface area contributed by atoms with E-state index in [0.29, 0.717) is 6.54 Å². The summed E-state index contributed by atoms with van der Waals surface area (Å²) in [5, 5.41) is 11.1. The predicted molar refractivity (Wildman–Crippen MR) is 123 cm³/mol. The molecule has 3 aromatic rings. The summed E-state index contributed by atoms with van der Waals surface area (Å²) in [5.41, 5.74) is 2.21. The van der Waals surface area contributed by atoms with Crippen LogP contribution < -0.4 is 14.8 Å². The van der Waals surface area contributed by atoms with Crippen LogP contribution in [0.3, 0.4) is 0 Å². The molecule has 0 saturated carbocycles. The third kappa shape index (κ3) is 6.65. The zero-order chi connectivity index (χ0) is 21.3. The Morgan fingerprint density at radius 3 is 2.13 bits per heavy atom. The molecule has 0 aliphatic carbocycles. The Bertz CT molecular complexity index is 946. The van der Waals surface area contributed by atoms with E-state index in [2.05, 4.69) is 15.5 Å². The van der Waals surface area contributed by atoms with E-state index in [-0.39, 0.29) is 11.2 Å². The van der Waals surface area contributed by atoms with Crippen molar-refractivity contribution in [1.82, 2.24) is 15.5 Å². The summed E-state index contributed by atoms with van der Waals surface area (Å²) in [6.07, 6.45) is 0. The summed E-state index contributed by atoms with van der Waals surface area (Å²) >= 11 is 4.57. The Morgan fingerprint density at radius 1 is 0.967 bits per heavy atom. The van der Waals surface area contributed by atoms with Crippen LogP contribution in [-0.2, 0) is 17.1 Å². The number of ether oxygens (including phenoxy) is 2. The molecular formula is C21H23N3O3S3. The Kier molecular flexibility index (Phi) is 8.41. The van der Waals surface area contributed by atoms with Crippen molar-refractivity contribution >= 4 is 40.8 Å². The summed E-state index contributed by atoms with van der Waals surface area (Å²) in [4.78, 5) is 12.4. The topological polar surface area (TPSA) is 73.3 Å². The molecule has 9 heteroatoms. The molecule has 0 saturated heterocycles. The molecule has 3 rings (SSSR count). The second-order valence-corrected chi connectivity index (χ2v) is 10.1. The minimum absolute atomic E-state index is 0.0292. The average molecular weight is 462 g/mol. The molecule has 0 bridgehead atoms. The highest BCUT2D eigenvalue weighted by Crippen LogP contribution is 2.32. The number of hydrogen-bond acceptors (Lipinski definition) is 8. The van der Waals surface area contributed by atoms with E-state index in [0.717, 1.165) is 31.5 Å². The molecule has 1 heterocycles. The van der Waals surface area contributed by atoms with E-state index in [4.69, 9.17) is 9.47 Å². The number of hydrogen-bond donors (Lipinski definition) is 1. The molecule has 158 valence electrons. The Labute approximate surface area is 188 Å². The number of nitrogens with zero attached hydrogens (tertiary/aromatic N) is 2. The Balaban J connectivity index is 1.44. The van der Waals surface area contributed by atoms with Crippen LogP contribution in [0.2, 0.25) is 0 Å². The van der Waals surface area contributed by atoms with Crippen LogP contribution in [0.15, 0.2) is 57.2 Å². The van der Waals surface area contributed by atoms with Crippen molar-refractivity contribution in [2.45, 2.75) is 33.2 Å². The van der Waals surface area contributed by atoms with Gasteiger partial charge >= 0.3 is 0 Å². The van der Waals surface area contributed by atoms with Gasteiger partial charge in [0, 0.05) is 12.3 Å². The van der Waals surface area contributed by atoms with Crippen molar-refractivity contribution in [3.8, 4) is 11.5 Å². The van der Waals surface area contributed by atoms with Crippen molar-refractivity contribution in [2.24, 2.45) is 0 Å². The molecule has 0 aliphatic rings. The lowest BCUT2D eigenvalue weighted by Gasteiger charge is -2.10. The molecule has 6 nitrogen and oxygen atoms in total. The van der Waals surface area contributed by atoms with Crippen molar-refractivity contribution in [3.05, 3.63) is 59.7 Å². The lowest BCUT2D eigenvalue weighted by Crippen LogP contribution is -2.30. The summed E-state index contributed by atoms with van der Waals surface area (Å²) < 4.78 is 12.0. The van der Waals surface area contributed by atoms with Gasteiger partial charge in [-0.1, -0.05) is 59.1 Å². The first-order chi connectivity index (χ1) is 14.6. The number of carbonyl (C=O) groups excluding carboxylic acids is 1. The molecular weight excluding hydrogens is 438 g/mol. The van der Waals surface area contributed by atoms with E-state index in [1.54, 1.807) is 26.0 Å². The van der Waals surface area contributed by atoms with Crippen LogP contribution in [0.25, 0.3) is 0 Å². The number of benzene rings is 2. The van der Waals surface area contributed by atoms with Gasteiger partial charge in [0.05, 0.1) is 19.5 Å². The normalized spacial score (nSPS) is 11.7. The van der Waals surface area contributed by atoms with E-state index in [1.165, 1.54) is 28.7 Å². The second-order valence-electron chi connectivity index (χ2n) is 6.30. The van der Waals surface area contributed by atoms with Crippen LogP contribution in [0.1, 0.15) is 18.1 Å². The Hall–Kier alpha value is -2.23. The van der Waals surface area contributed by atoms with Crippen LogP contribution >= 0.6 is 34.9 Å². The highest BCUT2D eigenvalue weighted by Gasteiger charge is 2.17. The number of aromatic nitrogens is 2. The molecule has 30 heavy (non-hydrogen) atoms. The second kappa shape index (κ2) is 11.2. The maximum atomic E-state index is 12.4. The third-order valence-electron chi connectivity index (χ3n) is 4.18. The average Bonchev–Trinajstić information content (AvgIpc) is 3.23. The molecule has 1 unspecified atom stereocenters. The quantitative estimate of drug-likeness (QED) is 0.441. The minimum Gasteiger partial charge on any atom is -0.497 e. The fourth-order valence-electron chi connectivity index (χ4n) is 2.45. The van der Waals surface area contributed by atoms with Gasteiger partial charge < -0.3 is 14.8 Å². The fourth-order valence-corrected chi connectivity index (χ4v) is 5.60. The highest BCUT2D eigenvalue weighted by molar-refractivity contribution is 8.03. The zero-order valence-electron chi connectivity index (χ0n) is 17.0. The van der Waals surface area contributed by atoms with Crippen molar-refractivity contribution in [1.29, 1.82) is 0 Å². The van der Waals surface area contributed by atoms with Crippen LogP contribution in [0.5, 0.6) is 11.5 Å². The first-order valence-corrected chi connectivity index (χ1v) is 11.9. The number of thioether (sulfide) groups is 2. The van der Waals surface area contributed by atoms with E-state index in [9.17, 15) is 4.79 Å². The number of methoxy groups -OCH3 is 2. The fraction of sp³-hybridized carbons (Fsp3) is 0.286. The maximum absolute atomic E-state index is 12.4. The van der Waals surface area contributed by atoms with E-state index >= 15 is 0 Å². The molecule has 1 aromatic heterocycles. The van der Waals surface area contributed by atoms with Crippen LogP contribution in [0, 0.1) is 0 Å². The number of nitrogens with one attached hydrogen (secondary N) is 1. The van der Waals surface area contributed by atoms with Gasteiger partial charge in [-0.25, -0.2) is 0 Å². The lowest BCUT2D eigenvalue weighted by molar-refractivity contribution is -0.120. The van der Waals surface area contributed by atoms with Gasteiger partial charge in [-0.05, 0) is 42.3 Å². The van der Waals surface area contributed by atoms with Gasteiger partial charge in [0.15, 0.2) is 8.68 Å². The molecule has 1 N–H and O–H groups in total. The molecule has 0 spiro atoms. The largest absolute Gasteiger partial charge is 0.497 e. The first-order valence-electron chi connectivity index (χ1n) is 9.24. The van der Waals surface area contributed by atoms with E-state index in [1.807, 2.05) is 55.5 Å². The molecule has 0 radical (unpaired) electrons. The summed E-state index contributed by atoms with van der Waals surface area (Å²) in [6, 6.07) is 15.6. The van der Waals surface area contributed by atoms with E-state index < -0.39 is 0 Å². The molecule has 1 amide bonds. The van der Waals surface area contributed by atoms with Crippen molar-refractivity contribution < 1.29 is 14.3 Å². The lowest BCUT2D eigenvalue weighted by atomic mass is 10.2. The minimum atomic E-state index is -0.254. The van der Waals surface area contributed by atoms with Crippen LogP contribution in [0.4, 0.5) is 0 Å². The van der Waals surface area contributed by atoms with Gasteiger partial charge in [-0.2, -0.15) is 0 Å². The highest BCUT2D eigenvalue weighted by atomic mass is 32.2. The summed E-state index contributed by atoms with van der Waals surface area (Å²) in [6.45, 7) is 2.35. The molecule has 2 aromatic carbocycles. The first kappa shape index (κ1) is 22.5. The molecule has 1 atom stereocenters. The van der Waals surface area contributed by atoms with Crippen molar-refractivity contribution in [2.75, 3.05) is 14.2 Å². The van der Waals surface area contributed by atoms with Gasteiger partial charge in [-0.15, -0.1) is 10.2 Å². The predicted octanol–water partition coefficient (Wildman–Crippen LogP) is 4.64. The zero-order valence-corrected chi connectivity index (χ0v) is 19.4. The van der Waals surface area contributed by atoms with Gasteiger partial charge in [0.2, 0.25) is 5.91 Å². The van der Waals surface area contributed by atoms with Gasteiger partial charge in [0.1, 0.15) is 11.5 Å². The van der Waals surface area contributed by atoms with Crippen LogP contribution in [-0.4, -0.2) is 35.6 Å². The molecule has 0 fully saturated rings. The summed E-state index contributed by atoms with van der Waals surface area (Å²) in [7, 11) is 3.29. The SMILES string of the molecule is COc1ccc(CNC(=O)C(C)Sc2nnc(SCc3ccc(OC)cc3)s2)cc1. The monoisotopic (exact) mass is 461 g/mol. The van der Waals surface area contributed by atoms with Gasteiger partial charge in [-0.3, -0.25) is 4.79 Å². The van der Waals surface area contributed by atoms with Gasteiger partial charge in [0.25, 0.3) is 0 Å². The number of carbonyl (C=O) groups is 1. The number of amides is 1.